The number of rotatable bonds is 5. The third-order valence-corrected chi connectivity index (χ3v) is 4.39. The van der Waals surface area contributed by atoms with Gasteiger partial charge in [0.15, 0.2) is 0 Å². The predicted molar refractivity (Wildman–Crippen MR) is 82.0 cm³/mol. The van der Waals surface area contributed by atoms with Gasteiger partial charge in [-0.3, -0.25) is 9.54 Å². The summed E-state index contributed by atoms with van der Waals surface area (Å²) in [6.45, 7) is 3.97. The second-order valence-electron chi connectivity index (χ2n) is 5.10. The zero-order chi connectivity index (χ0) is 15.5. The van der Waals surface area contributed by atoms with E-state index in [1.54, 1.807) is 12.1 Å². The van der Waals surface area contributed by atoms with Gasteiger partial charge in [0.1, 0.15) is 0 Å². The van der Waals surface area contributed by atoms with E-state index in [1.807, 2.05) is 25.3 Å². The lowest BCUT2D eigenvalue weighted by molar-refractivity contribution is 0.482. The van der Waals surface area contributed by atoms with Crippen LogP contribution >= 0.6 is 0 Å². The van der Waals surface area contributed by atoms with E-state index in [4.69, 9.17) is 0 Å². The summed E-state index contributed by atoms with van der Waals surface area (Å²) in [4.78, 5) is 4.35. The first-order chi connectivity index (χ1) is 9.90. The number of aryl methyl sites for hydroxylation is 4. The number of benzene rings is 1. The van der Waals surface area contributed by atoms with Crippen LogP contribution in [0.4, 0.5) is 0 Å². The molecule has 0 amide bonds. The summed E-state index contributed by atoms with van der Waals surface area (Å²) < 4.78 is 32.1. The molecule has 0 saturated heterocycles. The first-order valence-corrected chi connectivity index (χ1v) is 8.35. The molecule has 0 bridgehead atoms. The van der Waals surface area contributed by atoms with Gasteiger partial charge in [0.2, 0.25) is 0 Å². The Labute approximate surface area is 125 Å². The molecule has 112 valence electrons. The Morgan fingerprint density at radius 1 is 1.14 bits per heavy atom. The van der Waals surface area contributed by atoms with Gasteiger partial charge in [-0.1, -0.05) is 30.7 Å². The molecule has 0 aliphatic carbocycles. The third kappa shape index (κ3) is 4.12. The van der Waals surface area contributed by atoms with Gasteiger partial charge >= 0.3 is 0 Å². The highest BCUT2D eigenvalue weighted by atomic mass is 32.2. The Hall–Kier alpha value is -1.72. The Kier molecular flexibility index (Phi) is 4.75. The van der Waals surface area contributed by atoms with Crippen molar-refractivity contribution in [1.29, 1.82) is 0 Å². The number of hydrogen-bond acceptors (Lipinski definition) is 3. The minimum Gasteiger partial charge on any atom is -0.282 e. The topological polar surface area (TPSA) is 67.3 Å². The summed E-state index contributed by atoms with van der Waals surface area (Å²) in [5.74, 6) is 0. The second kappa shape index (κ2) is 6.37. The van der Waals surface area contributed by atoms with Gasteiger partial charge < -0.3 is 0 Å². The number of pyridine rings is 1. The van der Waals surface area contributed by atoms with Crippen molar-refractivity contribution in [3.8, 4) is 0 Å². The van der Waals surface area contributed by atoms with E-state index in [0.717, 1.165) is 17.7 Å². The fourth-order valence-electron chi connectivity index (χ4n) is 2.23. The molecule has 0 saturated carbocycles. The number of aromatic nitrogens is 1. The quantitative estimate of drug-likeness (QED) is 0.862. The summed E-state index contributed by atoms with van der Waals surface area (Å²) in [6.07, 6.45) is 3.94. The van der Waals surface area contributed by atoms with Crippen molar-refractivity contribution in [1.82, 2.24) is 4.98 Å². The summed E-state index contributed by atoms with van der Waals surface area (Å²) in [5.41, 5.74) is 3.67. The molecular formula is C16H19NO3S. The molecule has 0 fully saturated rings. The molecule has 0 atom stereocenters. The molecule has 21 heavy (non-hydrogen) atoms. The highest BCUT2D eigenvalue weighted by Gasteiger charge is 2.15. The van der Waals surface area contributed by atoms with E-state index in [2.05, 4.69) is 11.9 Å². The van der Waals surface area contributed by atoms with Gasteiger partial charge in [-0.2, -0.15) is 8.42 Å². The van der Waals surface area contributed by atoms with E-state index in [1.165, 1.54) is 11.6 Å². The Morgan fingerprint density at radius 2 is 1.90 bits per heavy atom. The van der Waals surface area contributed by atoms with Crippen molar-refractivity contribution >= 4 is 10.1 Å². The molecule has 1 N–H and O–H groups in total. The average Bonchev–Trinajstić information content (AvgIpc) is 2.44. The molecule has 1 aromatic heterocycles. The smallest absolute Gasteiger partial charge is 0.282 e. The Balaban J connectivity index is 2.21. The fraction of sp³-hybridized carbons (Fsp3) is 0.312. The van der Waals surface area contributed by atoms with Crippen molar-refractivity contribution in [3.05, 3.63) is 58.9 Å². The summed E-state index contributed by atoms with van der Waals surface area (Å²) in [6, 6.07) is 8.92. The molecule has 1 aromatic carbocycles. The highest BCUT2D eigenvalue weighted by molar-refractivity contribution is 7.85. The van der Waals surface area contributed by atoms with Crippen molar-refractivity contribution in [2.45, 2.75) is 38.0 Å². The molecule has 0 aliphatic heterocycles. The normalized spacial score (nSPS) is 11.6. The van der Waals surface area contributed by atoms with Crippen molar-refractivity contribution in [3.63, 3.8) is 0 Å². The first-order valence-electron chi connectivity index (χ1n) is 6.91. The summed E-state index contributed by atoms with van der Waals surface area (Å²) >= 11 is 0. The van der Waals surface area contributed by atoms with Crippen LogP contribution in [0.2, 0.25) is 0 Å². The van der Waals surface area contributed by atoms with Crippen molar-refractivity contribution in [2.24, 2.45) is 0 Å². The van der Waals surface area contributed by atoms with E-state index >= 15 is 0 Å². The van der Waals surface area contributed by atoms with Crippen LogP contribution in [-0.4, -0.2) is 18.0 Å². The third-order valence-electron chi connectivity index (χ3n) is 3.44. The molecule has 0 unspecified atom stereocenters. The maximum Gasteiger partial charge on any atom is 0.294 e. The molecule has 5 heteroatoms. The molecule has 1 heterocycles. The van der Waals surface area contributed by atoms with E-state index in [9.17, 15) is 13.0 Å². The van der Waals surface area contributed by atoms with Crippen LogP contribution in [0.1, 0.15) is 29.3 Å². The maximum atomic E-state index is 11.4. The molecule has 0 radical (unpaired) electrons. The van der Waals surface area contributed by atoms with E-state index in [0.29, 0.717) is 18.4 Å². The predicted octanol–water partition coefficient (Wildman–Crippen LogP) is 2.98. The molecule has 2 rings (SSSR count). The van der Waals surface area contributed by atoms with Gasteiger partial charge in [-0.15, -0.1) is 0 Å². The second-order valence-corrected chi connectivity index (χ2v) is 6.49. The maximum absolute atomic E-state index is 11.4. The summed E-state index contributed by atoms with van der Waals surface area (Å²) in [7, 11) is -4.19. The van der Waals surface area contributed by atoms with Gasteiger partial charge in [-0.05, 0) is 49.4 Å². The van der Waals surface area contributed by atoms with Crippen LogP contribution in [0.3, 0.4) is 0 Å². The molecular weight excluding hydrogens is 286 g/mol. The van der Waals surface area contributed by atoms with Crippen molar-refractivity contribution < 1.29 is 13.0 Å². The monoisotopic (exact) mass is 305 g/mol. The SMILES string of the molecule is CCc1ccc(CCc2cc(C)ccc2S(=O)(=O)O)nc1. The molecule has 0 aliphatic rings. The standard InChI is InChI=1S/C16H19NO3S/c1-3-13-5-7-15(17-11-13)8-6-14-10-12(2)4-9-16(14)21(18,19)20/h4-5,7,9-11H,3,6,8H2,1-2H3,(H,18,19,20). The van der Waals surface area contributed by atoms with Crippen molar-refractivity contribution in [2.75, 3.05) is 0 Å². The number of nitrogens with zero attached hydrogens (tertiary/aromatic N) is 1. The van der Waals surface area contributed by atoms with Gasteiger partial charge in [0.05, 0.1) is 4.90 Å². The van der Waals surface area contributed by atoms with E-state index < -0.39 is 10.1 Å². The molecule has 4 nitrogen and oxygen atoms in total. The Bertz CT molecular complexity index is 722. The number of hydrogen-bond donors (Lipinski definition) is 1. The van der Waals surface area contributed by atoms with E-state index in [-0.39, 0.29) is 4.90 Å². The lowest BCUT2D eigenvalue weighted by atomic mass is 10.0. The minimum absolute atomic E-state index is 0.0155. The lowest BCUT2D eigenvalue weighted by Gasteiger charge is -2.08. The van der Waals surface area contributed by atoms with Crippen LogP contribution < -0.4 is 0 Å². The average molecular weight is 305 g/mol. The zero-order valence-electron chi connectivity index (χ0n) is 12.2. The van der Waals surface area contributed by atoms with Crippen LogP contribution in [-0.2, 0) is 29.4 Å². The Morgan fingerprint density at radius 3 is 2.48 bits per heavy atom. The van der Waals surface area contributed by atoms with Gasteiger partial charge in [-0.25, -0.2) is 0 Å². The highest BCUT2D eigenvalue weighted by Crippen LogP contribution is 2.19. The van der Waals surface area contributed by atoms with Gasteiger partial charge in [0.25, 0.3) is 10.1 Å². The first kappa shape index (κ1) is 15.7. The van der Waals surface area contributed by atoms with Crippen LogP contribution in [0.25, 0.3) is 0 Å². The van der Waals surface area contributed by atoms with Gasteiger partial charge in [0, 0.05) is 11.9 Å². The van der Waals surface area contributed by atoms with Crippen LogP contribution in [0, 0.1) is 6.92 Å². The summed E-state index contributed by atoms with van der Waals surface area (Å²) in [5, 5.41) is 0. The van der Waals surface area contributed by atoms with Crippen LogP contribution in [0.15, 0.2) is 41.4 Å². The van der Waals surface area contributed by atoms with Crippen LogP contribution in [0.5, 0.6) is 0 Å². The molecule has 0 spiro atoms. The zero-order valence-corrected chi connectivity index (χ0v) is 13.0. The largest absolute Gasteiger partial charge is 0.294 e. The molecule has 2 aromatic rings. The fourth-order valence-corrected chi connectivity index (χ4v) is 2.96. The lowest BCUT2D eigenvalue weighted by Crippen LogP contribution is -2.05. The minimum atomic E-state index is -4.19.